The van der Waals surface area contributed by atoms with Crippen LogP contribution in [0.1, 0.15) is 17.4 Å². The SMILES string of the molecule is O=C(CN1CCO[C@@H](c2ccccc2)C1)NCc1ccco1. The molecule has 2 aromatic rings. The van der Waals surface area contributed by atoms with Crippen molar-refractivity contribution in [3.8, 4) is 0 Å². The van der Waals surface area contributed by atoms with Crippen molar-refractivity contribution in [2.45, 2.75) is 12.6 Å². The lowest BCUT2D eigenvalue weighted by Crippen LogP contribution is -2.44. The molecule has 0 bridgehead atoms. The van der Waals surface area contributed by atoms with E-state index < -0.39 is 0 Å². The highest BCUT2D eigenvalue weighted by Gasteiger charge is 2.23. The maximum absolute atomic E-state index is 12.0. The third-order valence-electron chi connectivity index (χ3n) is 3.73. The summed E-state index contributed by atoms with van der Waals surface area (Å²) in [6.45, 7) is 2.96. The molecule has 1 saturated heterocycles. The smallest absolute Gasteiger partial charge is 0.234 e. The molecule has 2 heterocycles. The normalized spacial score (nSPS) is 19.0. The fourth-order valence-electron chi connectivity index (χ4n) is 2.57. The number of amides is 1. The Labute approximate surface area is 129 Å². The number of hydrogen-bond acceptors (Lipinski definition) is 4. The van der Waals surface area contributed by atoms with Gasteiger partial charge >= 0.3 is 0 Å². The number of benzene rings is 1. The highest BCUT2D eigenvalue weighted by molar-refractivity contribution is 5.77. The van der Waals surface area contributed by atoms with E-state index >= 15 is 0 Å². The van der Waals surface area contributed by atoms with Crippen LogP contribution in [0.5, 0.6) is 0 Å². The monoisotopic (exact) mass is 300 g/mol. The molecule has 1 aromatic carbocycles. The molecule has 5 nitrogen and oxygen atoms in total. The van der Waals surface area contributed by atoms with Crippen molar-refractivity contribution in [1.29, 1.82) is 0 Å². The predicted octanol–water partition coefficient (Wildman–Crippen LogP) is 1.97. The summed E-state index contributed by atoms with van der Waals surface area (Å²) in [5.41, 5.74) is 1.16. The Kier molecular flexibility index (Phi) is 4.88. The van der Waals surface area contributed by atoms with Gasteiger partial charge in [0.2, 0.25) is 5.91 Å². The molecule has 1 aromatic heterocycles. The summed E-state index contributed by atoms with van der Waals surface area (Å²) >= 11 is 0. The largest absolute Gasteiger partial charge is 0.467 e. The Balaban J connectivity index is 1.48. The average molecular weight is 300 g/mol. The Morgan fingerprint density at radius 2 is 2.09 bits per heavy atom. The van der Waals surface area contributed by atoms with Crippen molar-refractivity contribution in [2.75, 3.05) is 26.2 Å². The first-order valence-electron chi connectivity index (χ1n) is 7.49. The number of furan rings is 1. The Bertz CT molecular complexity index is 583. The van der Waals surface area contributed by atoms with Gasteiger partial charge in [-0.2, -0.15) is 0 Å². The van der Waals surface area contributed by atoms with Gasteiger partial charge in [0.05, 0.1) is 32.1 Å². The Morgan fingerprint density at radius 3 is 2.86 bits per heavy atom. The standard InChI is InChI=1S/C17H20N2O3/c20-17(18-11-15-7-4-9-21-15)13-19-8-10-22-16(12-19)14-5-2-1-3-6-14/h1-7,9,16H,8,10-13H2,(H,18,20)/t16-/m1/s1. The number of hydrogen-bond donors (Lipinski definition) is 1. The van der Waals surface area contributed by atoms with E-state index in [1.807, 2.05) is 30.3 Å². The average Bonchev–Trinajstić information content (AvgIpc) is 3.08. The van der Waals surface area contributed by atoms with Gasteiger partial charge < -0.3 is 14.5 Å². The van der Waals surface area contributed by atoms with Gasteiger partial charge in [0.25, 0.3) is 0 Å². The topological polar surface area (TPSA) is 54.7 Å². The molecule has 22 heavy (non-hydrogen) atoms. The summed E-state index contributed by atoms with van der Waals surface area (Å²) < 4.78 is 11.0. The number of nitrogens with one attached hydrogen (secondary N) is 1. The molecule has 0 saturated carbocycles. The zero-order valence-electron chi connectivity index (χ0n) is 12.4. The van der Waals surface area contributed by atoms with Crippen LogP contribution in [0.4, 0.5) is 0 Å². The fourth-order valence-corrected chi connectivity index (χ4v) is 2.57. The number of morpholine rings is 1. The maximum atomic E-state index is 12.0. The van der Waals surface area contributed by atoms with E-state index in [1.54, 1.807) is 6.26 Å². The Hall–Kier alpha value is -2.11. The lowest BCUT2D eigenvalue weighted by Gasteiger charge is -2.32. The zero-order valence-corrected chi connectivity index (χ0v) is 12.4. The maximum Gasteiger partial charge on any atom is 0.234 e. The van der Waals surface area contributed by atoms with Crippen LogP contribution >= 0.6 is 0 Å². The molecule has 116 valence electrons. The number of carbonyl (C=O) groups is 1. The number of carbonyl (C=O) groups excluding carboxylic acids is 1. The summed E-state index contributed by atoms with van der Waals surface area (Å²) in [4.78, 5) is 14.1. The van der Waals surface area contributed by atoms with Crippen molar-refractivity contribution in [1.82, 2.24) is 10.2 Å². The van der Waals surface area contributed by atoms with Gasteiger partial charge in [0, 0.05) is 13.1 Å². The molecular weight excluding hydrogens is 280 g/mol. The van der Waals surface area contributed by atoms with Gasteiger partial charge in [-0.05, 0) is 17.7 Å². The van der Waals surface area contributed by atoms with Gasteiger partial charge in [0.1, 0.15) is 5.76 Å². The third-order valence-corrected chi connectivity index (χ3v) is 3.73. The molecule has 3 rings (SSSR count). The van der Waals surface area contributed by atoms with Gasteiger partial charge in [0.15, 0.2) is 0 Å². The highest BCUT2D eigenvalue weighted by Crippen LogP contribution is 2.21. The first-order chi connectivity index (χ1) is 10.8. The third kappa shape index (κ3) is 3.96. The van der Waals surface area contributed by atoms with Crippen LogP contribution in [0, 0.1) is 0 Å². The van der Waals surface area contributed by atoms with E-state index in [-0.39, 0.29) is 12.0 Å². The first-order valence-corrected chi connectivity index (χ1v) is 7.49. The summed E-state index contributed by atoms with van der Waals surface area (Å²) in [5, 5.41) is 2.87. The molecule has 1 amide bonds. The van der Waals surface area contributed by atoms with Crippen molar-refractivity contribution in [3.05, 3.63) is 60.1 Å². The predicted molar refractivity (Wildman–Crippen MR) is 82.1 cm³/mol. The lowest BCUT2D eigenvalue weighted by atomic mass is 10.1. The Morgan fingerprint density at radius 1 is 1.23 bits per heavy atom. The molecule has 1 fully saturated rings. The second kappa shape index (κ2) is 7.24. The minimum absolute atomic E-state index is 0.00473. The minimum Gasteiger partial charge on any atom is -0.467 e. The van der Waals surface area contributed by atoms with Crippen molar-refractivity contribution < 1.29 is 13.9 Å². The van der Waals surface area contributed by atoms with Crippen LogP contribution in [0.25, 0.3) is 0 Å². The van der Waals surface area contributed by atoms with Gasteiger partial charge in [-0.25, -0.2) is 0 Å². The summed E-state index contributed by atoms with van der Waals surface area (Å²) in [5.74, 6) is 0.766. The molecule has 1 aliphatic rings. The van der Waals surface area contributed by atoms with E-state index in [1.165, 1.54) is 0 Å². The second-order valence-corrected chi connectivity index (χ2v) is 5.36. The molecule has 1 N–H and O–H groups in total. The summed E-state index contributed by atoms with van der Waals surface area (Å²) in [7, 11) is 0. The molecule has 0 spiro atoms. The minimum atomic E-state index is 0.00473. The number of ether oxygens (including phenoxy) is 1. The van der Waals surface area contributed by atoms with Gasteiger partial charge in [-0.1, -0.05) is 30.3 Å². The van der Waals surface area contributed by atoms with E-state index in [0.29, 0.717) is 19.7 Å². The summed E-state index contributed by atoms with van der Waals surface area (Å²) in [6.07, 6.45) is 1.64. The van der Waals surface area contributed by atoms with Crippen LogP contribution in [-0.2, 0) is 16.1 Å². The van der Waals surface area contributed by atoms with Crippen LogP contribution in [-0.4, -0.2) is 37.0 Å². The van der Waals surface area contributed by atoms with Crippen LogP contribution in [0.15, 0.2) is 53.1 Å². The van der Waals surface area contributed by atoms with Crippen molar-refractivity contribution in [2.24, 2.45) is 0 Å². The van der Waals surface area contributed by atoms with E-state index in [0.717, 1.165) is 24.4 Å². The molecule has 5 heteroatoms. The van der Waals surface area contributed by atoms with E-state index in [4.69, 9.17) is 9.15 Å². The van der Waals surface area contributed by atoms with Crippen LogP contribution < -0.4 is 5.32 Å². The fraction of sp³-hybridized carbons (Fsp3) is 0.353. The van der Waals surface area contributed by atoms with Crippen LogP contribution in [0.2, 0.25) is 0 Å². The van der Waals surface area contributed by atoms with Crippen LogP contribution in [0.3, 0.4) is 0 Å². The van der Waals surface area contributed by atoms with Gasteiger partial charge in [-0.3, -0.25) is 9.69 Å². The zero-order chi connectivity index (χ0) is 15.2. The van der Waals surface area contributed by atoms with Crippen molar-refractivity contribution in [3.63, 3.8) is 0 Å². The summed E-state index contributed by atoms with van der Waals surface area (Å²) in [6, 6.07) is 13.8. The second-order valence-electron chi connectivity index (χ2n) is 5.36. The molecular formula is C17H20N2O3. The van der Waals surface area contributed by atoms with Crippen molar-refractivity contribution >= 4 is 5.91 Å². The number of rotatable bonds is 5. The van der Waals surface area contributed by atoms with E-state index in [9.17, 15) is 4.79 Å². The molecule has 0 unspecified atom stereocenters. The van der Waals surface area contributed by atoms with E-state index in [2.05, 4.69) is 22.3 Å². The molecule has 1 aliphatic heterocycles. The quantitative estimate of drug-likeness (QED) is 0.917. The number of nitrogens with zero attached hydrogens (tertiary/aromatic N) is 1. The van der Waals surface area contributed by atoms with Gasteiger partial charge in [-0.15, -0.1) is 0 Å². The lowest BCUT2D eigenvalue weighted by molar-refractivity contribution is -0.124. The molecule has 0 radical (unpaired) electrons. The first kappa shape index (κ1) is 14.8. The molecule has 1 atom stereocenters. The molecule has 0 aliphatic carbocycles. The highest BCUT2D eigenvalue weighted by atomic mass is 16.5.